The highest BCUT2D eigenvalue weighted by atomic mass is 35.5. The van der Waals surface area contributed by atoms with Gasteiger partial charge >= 0.3 is 6.61 Å². The lowest BCUT2D eigenvalue weighted by Crippen LogP contribution is -2.33. The summed E-state index contributed by atoms with van der Waals surface area (Å²) in [6, 6.07) is 14.9. The number of piperidine rings is 1. The third kappa shape index (κ3) is 7.00. The molecule has 3 nitrogen and oxygen atoms in total. The SMILES string of the molecule is Cl.FC(F)Oc1cccc(CCc2ccccc2OCC2CCCNC2)c1. The van der Waals surface area contributed by atoms with E-state index >= 15 is 0 Å². The van der Waals surface area contributed by atoms with E-state index in [1.807, 2.05) is 24.3 Å². The van der Waals surface area contributed by atoms with Crippen molar-refractivity contribution in [2.75, 3.05) is 19.7 Å². The molecule has 1 aliphatic rings. The third-order valence-electron chi connectivity index (χ3n) is 4.65. The van der Waals surface area contributed by atoms with Gasteiger partial charge in [0.25, 0.3) is 0 Å². The minimum Gasteiger partial charge on any atom is -0.493 e. The van der Waals surface area contributed by atoms with Crippen LogP contribution in [-0.2, 0) is 12.8 Å². The van der Waals surface area contributed by atoms with Crippen molar-refractivity contribution in [2.45, 2.75) is 32.3 Å². The van der Waals surface area contributed by atoms with Gasteiger partial charge in [0.1, 0.15) is 11.5 Å². The van der Waals surface area contributed by atoms with Crippen molar-refractivity contribution in [1.82, 2.24) is 5.32 Å². The van der Waals surface area contributed by atoms with Gasteiger partial charge in [-0.1, -0.05) is 30.3 Å². The molecule has 6 heteroatoms. The Morgan fingerprint density at radius 1 is 1.07 bits per heavy atom. The Morgan fingerprint density at radius 2 is 1.93 bits per heavy atom. The van der Waals surface area contributed by atoms with Gasteiger partial charge in [0.15, 0.2) is 0 Å². The van der Waals surface area contributed by atoms with E-state index in [4.69, 9.17) is 4.74 Å². The van der Waals surface area contributed by atoms with E-state index in [-0.39, 0.29) is 18.2 Å². The Bertz CT molecular complexity index is 693. The minimum atomic E-state index is -2.80. The Hall–Kier alpha value is -1.85. The molecular formula is C21H26ClF2NO2. The first-order valence-corrected chi connectivity index (χ1v) is 9.16. The fourth-order valence-corrected chi connectivity index (χ4v) is 3.28. The highest BCUT2D eigenvalue weighted by molar-refractivity contribution is 5.85. The zero-order valence-electron chi connectivity index (χ0n) is 15.2. The smallest absolute Gasteiger partial charge is 0.387 e. The number of benzene rings is 2. The quantitative estimate of drug-likeness (QED) is 0.689. The van der Waals surface area contributed by atoms with Crippen LogP contribution >= 0.6 is 12.4 Å². The molecule has 27 heavy (non-hydrogen) atoms. The molecule has 1 atom stereocenters. The van der Waals surface area contributed by atoms with Gasteiger partial charge < -0.3 is 14.8 Å². The monoisotopic (exact) mass is 397 g/mol. The fraction of sp³-hybridized carbons (Fsp3) is 0.429. The van der Waals surface area contributed by atoms with Crippen LogP contribution in [0.15, 0.2) is 48.5 Å². The molecular weight excluding hydrogens is 372 g/mol. The van der Waals surface area contributed by atoms with Gasteiger partial charge in [-0.15, -0.1) is 12.4 Å². The first kappa shape index (κ1) is 21.5. The zero-order valence-corrected chi connectivity index (χ0v) is 16.0. The molecule has 0 amide bonds. The lowest BCUT2D eigenvalue weighted by atomic mass is 10.0. The first-order chi connectivity index (χ1) is 12.7. The van der Waals surface area contributed by atoms with Gasteiger partial charge in [-0.2, -0.15) is 8.78 Å². The molecule has 1 unspecified atom stereocenters. The highest BCUT2D eigenvalue weighted by Gasteiger charge is 2.14. The molecule has 1 N–H and O–H groups in total. The molecule has 0 aliphatic carbocycles. The largest absolute Gasteiger partial charge is 0.493 e. The van der Waals surface area contributed by atoms with Crippen LogP contribution in [0.2, 0.25) is 0 Å². The van der Waals surface area contributed by atoms with E-state index in [1.165, 1.54) is 12.8 Å². The summed E-state index contributed by atoms with van der Waals surface area (Å²) in [7, 11) is 0. The first-order valence-electron chi connectivity index (χ1n) is 9.16. The predicted molar refractivity (Wildman–Crippen MR) is 105 cm³/mol. The van der Waals surface area contributed by atoms with Crippen LogP contribution in [-0.4, -0.2) is 26.3 Å². The maximum atomic E-state index is 12.4. The topological polar surface area (TPSA) is 30.5 Å². The summed E-state index contributed by atoms with van der Waals surface area (Å²) in [6.07, 6.45) is 3.93. The van der Waals surface area contributed by atoms with Crippen molar-refractivity contribution >= 4 is 12.4 Å². The molecule has 0 bridgehead atoms. The molecule has 148 valence electrons. The maximum absolute atomic E-state index is 12.4. The Labute approximate surface area is 165 Å². The lowest BCUT2D eigenvalue weighted by molar-refractivity contribution is -0.0498. The number of nitrogens with one attached hydrogen (secondary N) is 1. The van der Waals surface area contributed by atoms with Crippen LogP contribution in [0.5, 0.6) is 11.5 Å². The van der Waals surface area contributed by atoms with Crippen LogP contribution in [0.25, 0.3) is 0 Å². The normalized spacial score (nSPS) is 16.6. The van der Waals surface area contributed by atoms with E-state index in [2.05, 4.69) is 16.1 Å². The van der Waals surface area contributed by atoms with E-state index in [0.29, 0.717) is 5.92 Å². The predicted octanol–water partition coefficient (Wildman–Crippen LogP) is 4.87. The molecule has 1 heterocycles. The Balaban J connectivity index is 0.00000261. The van der Waals surface area contributed by atoms with Crippen LogP contribution in [0.3, 0.4) is 0 Å². The number of hydrogen-bond acceptors (Lipinski definition) is 3. The number of alkyl halides is 2. The molecule has 0 aromatic heterocycles. The van der Waals surface area contributed by atoms with Crippen molar-refractivity contribution in [1.29, 1.82) is 0 Å². The van der Waals surface area contributed by atoms with E-state index in [0.717, 1.165) is 49.4 Å². The van der Waals surface area contributed by atoms with Crippen LogP contribution < -0.4 is 14.8 Å². The van der Waals surface area contributed by atoms with Gasteiger partial charge in [-0.3, -0.25) is 0 Å². The summed E-state index contributed by atoms with van der Waals surface area (Å²) in [5.74, 6) is 1.67. The van der Waals surface area contributed by atoms with Gasteiger partial charge in [0, 0.05) is 12.5 Å². The molecule has 0 radical (unpaired) electrons. The number of ether oxygens (including phenoxy) is 2. The molecule has 0 spiro atoms. The second-order valence-electron chi connectivity index (χ2n) is 6.66. The van der Waals surface area contributed by atoms with E-state index in [9.17, 15) is 8.78 Å². The molecule has 3 rings (SSSR count). The summed E-state index contributed by atoms with van der Waals surface area (Å²) < 4.78 is 35.3. The number of aryl methyl sites for hydroxylation is 2. The zero-order chi connectivity index (χ0) is 18.2. The summed E-state index contributed by atoms with van der Waals surface area (Å²) in [5.41, 5.74) is 2.10. The minimum absolute atomic E-state index is 0. The lowest BCUT2D eigenvalue weighted by Gasteiger charge is -2.23. The second kappa shape index (κ2) is 11.1. The van der Waals surface area contributed by atoms with Gasteiger partial charge in [0.2, 0.25) is 0 Å². The summed E-state index contributed by atoms with van der Waals surface area (Å²) in [6.45, 7) is 0.0380. The molecule has 2 aromatic rings. The van der Waals surface area contributed by atoms with Crippen LogP contribution in [0.1, 0.15) is 24.0 Å². The Kier molecular flexibility index (Phi) is 8.82. The average molecular weight is 398 g/mol. The number of hydrogen-bond donors (Lipinski definition) is 1. The molecule has 2 aromatic carbocycles. The standard InChI is InChI=1S/C21H25F2NO2.ClH/c22-21(23)26-19-8-3-5-16(13-19)10-11-18-7-1-2-9-20(18)25-15-17-6-4-12-24-14-17;/h1-3,5,7-9,13,17,21,24H,4,6,10-12,14-15H2;1H. The summed E-state index contributed by atoms with van der Waals surface area (Å²) >= 11 is 0. The third-order valence-corrected chi connectivity index (χ3v) is 4.65. The van der Waals surface area contributed by atoms with Gasteiger partial charge in [-0.05, 0) is 61.6 Å². The molecule has 1 aliphatic heterocycles. The van der Waals surface area contributed by atoms with E-state index in [1.54, 1.807) is 18.2 Å². The maximum Gasteiger partial charge on any atom is 0.387 e. The number of halogens is 3. The molecule has 1 fully saturated rings. The van der Waals surface area contributed by atoms with Crippen LogP contribution in [0, 0.1) is 5.92 Å². The summed E-state index contributed by atoms with van der Waals surface area (Å²) in [4.78, 5) is 0. The van der Waals surface area contributed by atoms with Crippen molar-refractivity contribution in [3.05, 3.63) is 59.7 Å². The van der Waals surface area contributed by atoms with Crippen LogP contribution in [0.4, 0.5) is 8.78 Å². The second-order valence-corrected chi connectivity index (χ2v) is 6.66. The molecule has 0 saturated carbocycles. The Morgan fingerprint density at radius 3 is 2.70 bits per heavy atom. The molecule has 1 saturated heterocycles. The van der Waals surface area contributed by atoms with Crippen molar-refractivity contribution < 1.29 is 18.3 Å². The summed E-state index contributed by atoms with van der Waals surface area (Å²) in [5, 5.41) is 3.41. The van der Waals surface area contributed by atoms with Gasteiger partial charge in [-0.25, -0.2) is 0 Å². The van der Waals surface area contributed by atoms with Crippen molar-refractivity contribution in [2.24, 2.45) is 5.92 Å². The number of rotatable bonds is 8. The van der Waals surface area contributed by atoms with Gasteiger partial charge in [0.05, 0.1) is 6.61 Å². The van der Waals surface area contributed by atoms with E-state index < -0.39 is 6.61 Å². The average Bonchev–Trinajstić information content (AvgIpc) is 2.66. The van der Waals surface area contributed by atoms with Crippen molar-refractivity contribution in [3.8, 4) is 11.5 Å². The number of para-hydroxylation sites is 1. The van der Waals surface area contributed by atoms with Crippen molar-refractivity contribution in [3.63, 3.8) is 0 Å². The highest BCUT2D eigenvalue weighted by Crippen LogP contribution is 2.23. The fourth-order valence-electron chi connectivity index (χ4n) is 3.28.